The van der Waals surface area contributed by atoms with Gasteiger partial charge in [-0.2, -0.15) is 0 Å². The summed E-state index contributed by atoms with van der Waals surface area (Å²) in [5.41, 5.74) is 2.31. The minimum absolute atomic E-state index is 0.0133. The first kappa shape index (κ1) is 24.1. The van der Waals surface area contributed by atoms with Gasteiger partial charge >= 0.3 is 0 Å². The SMILES string of the molecule is Cc1c(F)ccc(CC(=O)C[C@H](CCO)c2nnc(C3CC(CC(C)C)C3)n2C2CC2)c1C. The van der Waals surface area contributed by atoms with Crippen LogP contribution in [-0.4, -0.2) is 32.3 Å². The molecule has 4 rings (SSSR count). The molecule has 0 unspecified atom stereocenters. The molecule has 1 N–H and O–H groups in total. The summed E-state index contributed by atoms with van der Waals surface area (Å²) in [6.45, 7) is 8.19. The number of aliphatic hydroxyl groups is 1. The number of hydrogen-bond acceptors (Lipinski definition) is 4. The summed E-state index contributed by atoms with van der Waals surface area (Å²) in [7, 11) is 0. The highest BCUT2D eigenvalue weighted by Gasteiger charge is 2.39. The van der Waals surface area contributed by atoms with Gasteiger partial charge in [0, 0.05) is 37.3 Å². The van der Waals surface area contributed by atoms with E-state index in [4.69, 9.17) is 0 Å². The van der Waals surface area contributed by atoms with Crippen molar-refractivity contribution in [1.82, 2.24) is 14.8 Å². The van der Waals surface area contributed by atoms with Gasteiger partial charge in [-0.25, -0.2) is 4.39 Å². The maximum absolute atomic E-state index is 13.8. The van der Waals surface area contributed by atoms with Crippen LogP contribution in [0, 0.1) is 31.5 Å². The highest BCUT2D eigenvalue weighted by molar-refractivity contribution is 5.82. The van der Waals surface area contributed by atoms with E-state index in [2.05, 4.69) is 28.6 Å². The van der Waals surface area contributed by atoms with Crippen LogP contribution in [-0.2, 0) is 11.2 Å². The molecule has 6 heteroatoms. The summed E-state index contributed by atoms with van der Waals surface area (Å²) in [5.74, 6) is 3.64. The number of carbonyl (C=O) groups excluding carboxylic acids is 1. The van der Waals surface area contributed by atoms with E-state index in [1.807, 2.05) is 6.92 Å². The quantitative estimate of drug-likeness (QED) is 0.480. The smallest absolute Gasteiger partial charge is 0.138 e. The number of benzene rings is 1. The molecule has 1 aromatic heterocycles. The topological polar surface area (TPSA) is 68.0 Å². The molecule has 0 radical (unpaired) electrons. The van der Waals surface area contributed by atoms with E-state index in [0.717, 1.165) is 47.5 Å². The van der Waals surface area contributed by atoms with Gasteiger partial charge in [-0.05, 0) is 87.0 Å². The van der Waals surface area contributed by atoms with E-state index in [1.165, 1.54) is 25.3 Å². The Bertz CT molecular complexity index is 989. The lowest BCUT2D eigenvalue weighted by atomic mass is 9.71. The van der Waals surface area contributed by atoms with Crippen LogP contribution < -0.4 is 0 Å². The van der Waals surface area contributed by atoms with E-state index in [9.17, 15) is 14.3 Å². The third kappa shape index (κ3) is 5.37. The summed E-state index contributed by atoms with van der Waals surface area (Å²) in [5, 5.41) is 18.9. The van der Waals surface area contributed by atoms with E-state index in [0.29, 0.717) is 30.4 Å². The molecule has 1 atom stereocenters. The van der Waals surface area contributed by atoms with Crippen LogP contribution >= 0.6 is 0 Å². The summed E-state index contributed by atoms with van der Waals surface area (Å²) in [6.07, 6.45) is 6.98. The molecule has 0 saturated heterocycles. The molecule has 1 heterocycles. The molecule has 2 fully saturated rings. The second kappa shape index (κ2) is 10.0. The zero-order chi connectivity index (χ0) is 23.7. The van der Waals surface area contributed by atoms with Crippen molar-refractivity contribution in [3.8, 4) is 0 Å². The van der Waals surface area contributed by atoms with Crippen molar-refractivity contribution in [2.24, 2.45) is 11.8 Å². The molecular formula is C27H38FN3O2. The largest absolute Gasteiger partial charge is 0.396 e. The van der Waals surface area contributed by atoms with E-state index >= 15 is 0 Å². The molecule has 2 aromatic rings. The normalized spacial score (nSPS) is 21.3. The van der Waals surface area contributed by atoms with Gasteiger partial charge in [0.1, 0.15) is 23.2 Å². The van der Waals surface area contributed by atoms with Crippen LogP contribution in [0.4, 0.5) is 4.39 Å². The van der Waals surface area contributed by atoms with E-state index in [1.54, 1.807) is 13.0 Å². The second-order valence-electron chi connectivity index (χ2n) is 10.8. The zero-order valence-corrected chi connectivity index (χ0v) is 20.5. The first-order chi connectivity index (χ1) is 15.8. The Balaban J connectivity index is 1.49. The lowest BCUT2D eigenvalue weighted by Gasteiger charge is -2.36. The van der Waals surface area contributed by atoms with Crippen molar-refractivity contribution in [2.45, 2.75) is 96.9 Å². The Kier molecular flexibility index (Phi) is 7.32. The third-order valence-electron chi connectivity index (χ3n) is 7.60. The number of halogens is 1. The first-order valence-electron chi connectivity index (χ1n) is 12.6. The van der Waals surface area contributed by atoms with Gasteiger partial charge in [0.25, 0.3) is 0 Å². The van der Waals surface area contributed by atoms with Gasteiger partial charge in [0.05, 0.1) is 0 Å². The van der Waals surface area contributed by atoms with Crippen LogP contribution in [0.2, 0.25) is 0 Å². The molecule has 2 aliphatic carbocycles. The maximum atomic E-state index is 13.8. The zero-order valence-electron chi connectivity index (χ0n) is 20.5. The molecular weight excluding hydrogens is 417 g/mol. The lowest BCUT2D eigenvalue weighted by Crippen LogP contribution is -2.26. The highest BCUT2D eigenvalue weighted by atomic mass is 19.1. The van der Waals surface area contributed by atoms with Crippen molar-refractivity contribution < 1.29 is 14.3 Å². The van der Waals surface area contributed by atoms with Crippen LogP contribution in [0.25, 0.3) is 0 Å². The van der Waals surface area contributed by atoms with Crippen LogP contribution in [0.3, 0.4) is 0 Å². The number of aromatic nitrogens is 3. The Morgan fingerprint density at radius 2 is 1.91 bits per heavy atom. The average Bonchev–Trinajstić information content (AvgIpc) is 3.49. The number of ketones is 1. The fourth-order valence-corrected chi connectivity index (χ4v) is 5.46. The molecule has 1 aromatic carbocycles. The fourth-order valence-electron chi connectivity index (χ4n) is 5.46. The van der Waals surface area contributed by atoms with Crippen LogP contribution in [0.1, 0.15) is 105 Å². The third-order valence-corrected chi connectivity index (χ3v) is 7.60. The minimum atomic E-state index is -0.237. The van der Waals surface area contributed by atoms with E-state index in [-0.39, 0.29) is 30.5 Å². The molecule has 33 heavy (non-hydrogen) atoms. The van der Waals surface area contributed by atoms with Crippen molar-refractivity contribution in [1.29, 1.82) is 0 Å². The second-order valence-corrected chi connectivity index (χ2v) is 10.8. The molecule has 5 nitrogen and oxygen atoms in total. The summed E-state index contributed by atoms with van der Waals surface area (Å²) >= 11 is 0. The molecule has 2 aliphatic rings. The standard InChI is InChI=1S/C27H38FN3O2/c1-16(2)11-19-12-22(13-19)27-30-29-26(31(27)23-6-7-23)21(9-10-32)15-24(33)14-20-5-8-25(28)18(4)17(20)3/h5,8,16,19,21-23,32H,6-7,9-15H2,1-4H3/t19?,21-,22?/m0/s1. The maximum Gasteiger partial charge on any atom is 0.138 e. The molecule has 0 spiro atoms. The first-order valence-corrected chi connectivity index (χ1v) is 12.6. The van der Waals surface area contributed by atoms with Crippen molar-refractivity contribution >= 4 is 5.78 Å². The summed E-state index contributed by atoms with van der Waals surface area (Å²) in [6, 6.07) is 3.59. The number of hydrogen-bond donors (Lipinski definition) is 1. The number of rotatable bonds is 11. The predicted octanol–water partition coefficient (Wildman–Crippen LogP) is 5.58. The Morgan fingerprint density at radius 1 is 1.18 bits per heavy atom. The van der Waals surface area contributed by atoms with E-state index < -0.39 is 0 Å². The highest BCUT2D eigenvalue weighted by Crippen LogP contribution is 2.48. The Hall–Kier alpha value is -2.08. The van der Waals surface area contributed by atoms with Gasteiger partial charge in [0.15, 0.2) is 0 Å². The van der Waals surface area contributed by atoms with Gasteiger partial charge in [-0.3, -0.25) is 4.79 Å². The number of Topliss-reactive ketones (excluding diaryl/α,β-unsaturated/α-hetero) is 1. The van der Waals surface area contributed by atoms with Crippen LogP contribution in [0.15, 0.2) is 12.1 Å². The fraction of sp³-hybridized carbons (Fsp3) is 0.667. The van der Waals surface area contributed by atoms with Gasteiger partial charge in [-0.1, -0.05) is 19.9 Å². The molecule has 0 amide bonds. The molecule has 180 valence electrons. The molecule has 0 bridgehead atoms. The monoisotopic (exact) mass is 455 g/mol. The predicted molar refractivity (Wildman–Crippen MR) is 127 cm³/mol. The number of carbonyl (C=O) groups is 1. The summed E-state index contributed by atoms with van der Waals surface area (Å²) < 4.78 is 16.1. The van der Waals surface area contributed by atoms with Crippen molar-refractivity contribution in [3.63, 3.8) is 0 Å². The van der Waals surface area contributed by atoms with Crippen molar-refractivity contribution in [3.05, 3.63) is 46.3 Å². The minimum Gasteiger partial charge on any atom is -0.396 e. The average molecular weight is 456 g/mol. The molecule has 2 saturated carbocycles. The van der Waals surface area contributed by atoms with Gasteiger partial charge < -0.3 is 9.67 Å². The van der Waals surface area contributed by atoms with Gasteiger partial charge in [-0.15, -0.1) is 10.2 Å². The molecule has 0 aliphatic heterocycles. The summed E-state index contributed by atoms with van der Waals surface area (Å²) in [4.78, 5) is 13.0. The number of aliphatic hydroxyl groups excluding tert-OH is 1. The van der Waals surface area contributed by atoms with Crippen LogP contribution in [0.5, 0.6) is 0 Å². The Labute approximate surface area is 196 Å². The Morgan fingerprint density at radius 3 is 2.55 bits per heavy atom. The van der Waals surface area contributed by atoms with Crippen molar-refractivity contribution in [2.75, 3.05) is 6.61 Å². The van der Waals surface area contributed by atoms with Gasteiger partial charge in [0.2, 0.25) is 0 Å². The lowest BCUT2D eigenvalue weighted by molar-refractivity contribution is -0.118. The number of nitrogens with zero attached hydrogens (tertiary/aromatic N) is 3.